The molecule has 0 aliphatic heterocycles. The first-order valence-electron chi connectivity index (χ1n) is 8.28. The van der Waals surface area contributed by atoms with Crippen LogP contribution in [0.2, 0.25) is 0 Å². The van der Waals surface area contributed by atoms with Crippen molar-refractivity contribution < 1.29 is 9.90 Å². The van der Waals surface area contributed by atoms with E-state index in [1.54, 1.807) is 0 Å². The van der Waals surface area contributed by atoms with E-state index >= 15 is 0 Å². The first-order chi connectivity index (χ1) is 9.36. The molecule has 0 heterocycles. The molecule has 4 rings (SSSR count). The Morgan fingerprint density at radius 1 is 1.25 bits per heavy atom. The van der Waals surface area contributed by atoms with Crippen LogP contribution in [0.3, 0.4) is 0 Å². The van der Waals surface area contributed by atoms with Gasteiger partial charge in [-0.1, -0.05) is 13.8 Å². The molecule has 0 spiro atoms. The Morgan fingerprint density at radius 2 is 1.85 bits per heavy atom. The van der Waals surface area contributed by atoms with Gasteiger partial charge in [0.15, 0.2) is 0 Å². The van der Waals surface area contributed by atoms with Crippen LogP contribution in [0.5, 0.6) is 0 Å². The molecule has 0 radical (unpaired) electrons. The number of amides is 1. The van der Waals surface area contributed by atoms with Gasteiger partial charge in [0.1, 0.15) is 0 Å². The second-order valence-electron chi connectivity index (χ2n) is 8.47. The van der Waals surface area contributed by atoms with E-state index in [-0.39, 0.29) is 29.9 Å². The first kappa shape index (κ1) is 14.4. The molecule has 4 fully saturated rings. The van der Waals surface area contributed by atoms with E-state index in [1.165, 1.54) is 19.3 Å². The zero-order chi connectivity index (χ0) is 14.5. The molecule has 4 saturated carbocycles. The van der Waals surface area contributed by atoms with Crippen molar-refractivity contribution in [2.24, 2.45) is 28.6 Å². The van der Waals surface area contributed by atoms with Crippen LogP contribution in [0.1, 0.15) is 59.3 Å². The number of hydrogen-bond acceptors (Lipinski definition) is 2. The monoisotopic (exact) mass is 279 g/mol. The summed E-state index contributed by atoms with van der Waals surface area (Å²) in [6.07, 6.45) is 7.31. The third-order valence-electron chi connectivity index (χ3n) is 6.34. The third kappa shape index (κ3) is 2.28. The maximum atomic E-state index is 12.9. The molecule has 3 heteroatoms. The highest BCUT2D eigenvalue weighted by atomic mass is 16.3. The minimum Gasteiger partial charge on any atom is -0.396 e. The fourth-order valence-electron chi connectivity index (χ4n) is 5.65. The Bertz CT molecular complexity index is 392. The smallest absolute Gasteiger partial charge is 0.226 e. The van der Waals surface area contributed by atoms with Gasteiger partial charge in [-0.05, 0) is 68.6 Å². The molecule has 4 atom stereocenters. The number of rotatable bonds is 4. The summed E-state index contributed by atoms with van der Waals surface area (Å²) in [5.41, 5.74) is 0.315. The van der Waals surface area contributed by atoms with Crippen molar-refractivity contribution in [3.8, 4) is 0 Å². The van der Waals surface area contributed by atoms with Gasteiger partial charge >= 0.3 is 0 Å². The average Bonchev–Trinajstić information content (AvgIpc) is 2.34. The first-order valence-corrected chi connectivity index (χ1v) is 8.28. The van der Waals surface area contributed by atoms with Gasteiger partial charge in [0.05, 0.1) is 5.41 Å². The van der Waals surface area contributed by atoms with Crippen molar-refractivity contribution in [2.75, 3.05) is 6.61 Å². The second kappa shape index (κ2) is 4.72. The molecule has 2 N–H and O–H groups in total. The Kier molecular flexibility index (Phi) is 3.39. The largest absolute Gasteiger partial charge is 0.396 e. The number of carbonyl (C=O) groups excluding carboxylic acids is 1. The number of aliphatic hydroxyl groups excluding tert-OH is 1. The lowest BCUT2D eigenvalue weighted by Gasteiger charge is -2.60. The maximum absolute atomic E-state index is 12.9. The number of carbonyl (C=O) groups is 1. The normalized spacial score (nSPS) is 45.2. The molecule has 0 aromatic carbocycles. The lowest BCUT2D eigenvalue weighted by molar-refractivity contribution is -0.156. The van der Waals surface area contributed by atoms with E-state index < -0.39 is 0 Å². The highest BCUT2D eigenvalue weighted by Gasteiger charge is 2.58. The molecule has 114 valence electrons. The van der Waals surface area contributed by atoms with Crippen LogP contribution < -0.4 is 5.32 Å². The summed E-state index contributed by atoms with van der Waals surface area (Å²) in [6.45, 7) is 6.54. The number of hydrogen-bond donors (Lipinski definition) is 2. The molecular formula is C17H29NO2. The highest BCUT2D eigenvalue weighted by molar-refractivity contribution is 5.83. The summed E-state index contributed by atoms with van der Waals surface area (Å²) in [5, 5.41) is 12.4. The van der Waals surface area contributed by atoms with Crippen molar-refractivity contribution in [3.05, 3.63) is 0 Å². The average molecular weight is 279 g/mol. The lowest BCUT2D eigenvalue weighted by atomic mass is 9.44. The van der Waals surface area contributed by atoms with E-state index in [1.807, 2.05) is 13.8 Å². The minimum atomic E-state index is -0.0950. The van der Waals surface area contributed by atoms with Crippen molar-refractivity contribution in [1.29, 1.82) is 0 Å². The summed E-state index contributed by atoms with van der Waals surface area (Å²) in [5.74, 6) is 1.95. The molecule has 0 aromatic rings. The third-order valence-corrected chi connectivity index (χ3v) is 6.34. The van der Waals surface area contributed by atoms with Gasteiger partial charge in [-0.15, -0.1) is 0 Å². The molecule has 20 heavy (non-hydrogen) atoms. The van der Waals surface area contributed by atoms with Crippen LogP contribution in [-0.4, -0.2) is 23.7 Å². The summed E-state index contributed by atoms with van der Waals surface area (Å²) >= 11 is 0. The lowest BCUT2D eigenvalue weighted by Crippen LogP contribution is -2.58. The standard InChI is InChI=1S/C17H29NO2/c1-11(9-19)12(2)18-15(20)17-7-13-4-14(8-17)6-16(3,5-13)10-17/h11-14,19H,4-10H2,1-3H3,(H,18,20). The van der Waals surface area contributed by atoms with Gasteiger partial charge < -0.3 is 10.4 Å². The molecule has 0 aromatic heterocycles. The van der Waals surface area contributed by atoms with Gasteiger partial charge in [-0.25, -0.2) is 0 Å². The van der Waals surface area contributed by atoms with Crippen LogP contribution in [0.25, 0.3) is 0 Å². The fourth-order valence-corrected chi connectivity index (χ4v) is 5.65. The van der Waals surface area contributed by atoms with Crippen LogP contribution in [0, 0.1) is 28.6 Å². The summed E-state index contributed by atoms with van der Waals surface area (Å²) in [7, 11) is 0. The van der Waals surface area contributed by atoms with Crippen molar-refractivity contribution in [3.63, 3.8) is 0 Å². The van der Waals surface area contributed by atoms with Crippen LogP contribution in [-0.2, 0) is 4.79 Å². The molecule has 4 bridgehead atoms. The minimum absolute atomic E-state index is 0.0633. The van der Waals surface area contributed by atoms with Gasteiger partial charge in [-0.3, -0.25) is 4.79 Å². The molecule has 0 saturated heterocycles. The number of nitrogens with one attached hydrogen (secondary N) is 1. The zero-order valence-electron chi connectivity index (χ0n) is 13.1. The van der Waals surface area contributed by atoms with Gasteiger partial charge in [-0.2, -0.15) is 0 Å². The van der Waals surface area contributed by atoms with Gasteiger partial charge in [0.25, 0.3) is 0 Å². The van der Waals surface area contributed by atoms with Gasteiger partial charge in [0.2, 0.25) is 5.91 Å². The van der Waals surface area contributed by atoms with E-state index in [0.717, 1.165) is 31.1 Å². The van der Waals surface area contributed by atoms with E-state index in [4.69, 9.17) is 0 Å². The predicted octanol–water partition coefficient (Wildman–Crippen LogP) is 2.73. The highest BCUT2D eigenvalue weighted by Crippen LogP contribution is 2.65. The maximum Gasteiger partial charge on any atom is 0.226 e. The molecular weight excluding hydrogens is 250 g/mol. The van der Waals surface area contributed by atoms with Crippen LogP contribution in [0.4, 0.5) is 0 Å². The quantitative estimate of drug-likeness (QED) is 0.831. The SMILES string of the molecule is CC(CO)C(C)NC(=O)C12CC3CC(CC(C)(C3)C1)C2. The molecule has 4 aliphatic rings. The molecule has 4 unspecified atom stereocenters. The fraction of sp³-hybridized carbons (Fsp3) is 0.941. The second-order valence-corrected chi connectivity index (χ2v) is 8.47. The Labute approximate surface area is 122 Å². The van der Waals surface area contributed by atoms with Crippen LogP contribution in [0.15, 0.2) is 0 Å². The van der Waals surface area contributed by atoms with Crippen molar-refractivity contribution >= 4 is 5.91 Å². The molecule has 1 amide bonds. The summed E-state index contributed by atoms with van der Waals surface area (Å²) in [4.78, 5) is 12.9. The van der Waals surface area contributed by atoms with E-state index in [9.17, 15) is 9.90 Å². The van der Waals surface area contributed by atoms with E-state index in [2.05, 4.69) is 12.2 Å². The van der Waals surface area contributed by atoms with Gasteiger partial charge in [0, 0.05) is 12.6 Å². The Balaban J connectivity index is 1.74. The molecule has 3 nitrogen and oxygen atoms in total. The Hall–Kier alpha value is -0.570. The summed E-state index contributed by atoms with van der Waals surface area (Å²) < 4.78 is 0. The summed E-state index contributed by atoms with van der Waals surface area (Å²) in [6, 6.07) is 0.0633. The Morgan fingerprint density at radius 3 is 2.35 bits per heavy atom. The topological polar surface area (TPSA) is 49.3 Å². The van der Waals surface area contributed by atoms with Crippen LogP contribution >= 0.6 is 0 Å². The van der Waals surface area contributed by atoms with Crippen molar-refractivity contribution in [1.82, 2.24) is 5.32 Å². The predicted molar refractivity (Wildman–Crippen MR) is 79.1 cm³/mol. The van der Waals surface area contributed by atoms with E-state index in [0.29, 0.717) is 5.41 Å². The zero-order valence-corrected chi connectivity index (χ0v) is 13.1. The molecule has 4 aliphatic carbocycles. The van der Waals surface area contributed by atoms with Crippen molar-refractivity contribution in [2.45, 2.75) is 65.3 Å². The number of aliphatic hydroxyl groups is 1.